The van der Waals surface area contributed by atoms with Crippen LogP contribution in [0.3, 0.4) is 0 Å². The van der Waals surface area contributed by atoms with Crippen molar-refractivity contribution in [2.24, 2.45) is 5.92 Å². The molecule has 2 unspecified atom stereocenters. The summed E-state index contributed by atoms with van der Waals surface area (Å²) >= 11 is 1.71. The Bertz CT molecular complexity index is 787. The minimum absolute atomic E-state index is 0.0390. The maximum absolute atomic E-state index is 12.4. The van der Waals surface area contributed by atoms with Gasteiger partial charge in [-0.1, -0.05) is 35.9 Å². The topological polar surface area (TPSA) is 42.0 Å². The lowest BCUT2D eigenvalue weighted by Crippen LogP contribution is -2.23. The molecule has 1 fully saturated rings. The number of aromatic nitrogens is 1. The van der Waals surface area contributed by atoms with E-state index in [4.69, 9.17) is 0 Å². The summed E-state index contributed by atoms with van der Waals surface area (Å²) < 4.78 is 0.0823. The molecule has 23 heavy (non-hydrogen) atoms. The molecule has 2 aromatic rings. The molecule has 0 spiro atoms. The van der Waals surface area contributed by atoms with Crippen molar-refractivity contribution in [1.29, 1.82) is 0 Å². The maximum atomic E-state index is 12.4. The van der Waals surface area contributed by atoms with Crippen molar-refractivity contribution in [3.63, 3.8) is 0 Å². The molecule has 1 aliphatic carbocycles. The minimum Gasteiger partial charge on any atom is -0.348 e. The third kappa shape index (κ3) is 2.68. The van der Waals surface area contributed by atoms with Gasteiger partial charge in [-0.2, -0.15) is 0 Å². The van der Waals surface area contributed by atoms with Crippen LogP contribution in [0.5, 0.6) is 0 Å². The minimum atomic E-state index is 0.0390. The van der Waals surface area contributed by atoms with Crippen LogP contribution in [0.2, 0.25) is 0 Å². The third-order valence-electron chi connectivity index (χ3n) is 4.53. The standard InChI is InChI=1S/C19H18N2OS/c1-13-3-2-4-14(9-13)12-21-18(22)17-10-16-11-19(16,23-17)15-5-7-20-8-6-15/h2-10,16H,11-12H2,1H3,(H,21,22). The first-order chi connectivity index (χ1) is 11.2. The van der Waals surface area contributed by atoms with Crippen molar-refractivity contribution in [2.75, 3.05) is 0 Å². The molecule has 4 heteroatoms. The Morgan fingerprint density at radius 2 is 2.17 bits per heavy atom. The summed E-state index contributed by atoms with van der Waals surface area (Å²) in [7, 11) is 0. The monoisotopic (exact) mass is 322 g/mol. The molecular weight excluding hydrogens is 304 g/mol. The van der Waals surface area contributed by atoms with Crippen LogP contribution in [0.4, 0.5) is 0 Å². The average Bonchev–Trinajstić information content (AvgIpc) is 3.15. The van der Waals surface area contributed by atoms with Gasteiger partial charge in [0.25, 0.3) is 5.91 Å². The van der Waals surface area contributed by atoms with E-state index in [0.29, 0.717) is 12.5 Å². The highest BCUT2D eigenvalue weighted by molar-refractivity contribution is 8.05. The number of nitrogens with zero attached hydrogens (tertiary/aromatic N) is 1. The number of carbonyl (C=O) groups is 1. The molecule has 2 aliphatic rings. The maximum Gasteiger partial charge on any atom is 0.257 e. The zero-order valence-electron chi connectivity index (χ0n) is 13.0. The van der Waals surface area contributed by atoms with Crippen LogP contribution in [-0.4, -0.2) is 10.9 Å². The summed E-state index contributed by atoms with van der Waals surface area (Å²) in [5.41, 5.74) is 3.63. The zero-order valence-corrected chi connectivity index (χ0v) is 13.8. The highest BCUT2D eigenvalue weighted by atomic mass is 32.2. The van der Waals surface area contributed by atoms with Gasteiger partial charge in [-0.15, -0.1) is 11.8 Å². The summed E-state index contributed by atoms with van der Waals surface area (Å²) in [6.07, 6.45) is 6.92. The van der Waals surface area contributed by atoms with Crippen LogP contribution in [-0.2, 0) is 16.1 Å². The van der Waals surface area contributed by atoms with Crippen LogP contribution in [0.25, 0.3) is 0 Å². The first kappa shape index (κ1) is 14.5. The number of hydrogen-bond donors (Lipinski definition) is 1. The molecule has 4 rings (SSSR count). The van der Waals surface area contributed by atoms with E-state index in [9.17, 15) is 4.79 Å². The second-order valence-corrected chi connectivity index (χ2v) is 7.61. The fraction of sp³-hybridized carbons (Fsp3) is 0.263. The van der Waals surface area contributed by atoms with Crippen LogP contribution >= 0.6 is 11.8 Å². The molecule has 0 radical (unpaired) electrons. The summed E-state index contributed by atoms with van der Waals surface area (Å²) in [6, 6.07) is 12.4. The van der Waals surface area contributed by atoms with Crippen molar-refractivity contribution in [3.8, 4) is 0 Å². The zero-order chi connectivity index (χ0) is 15.9. The number of hydrogen-bond acceptors (Lipinski definition) is 3. The number of allylic oxidation sites excluding steroid dienone is 1. The van der Waals surface area contributed by atoms with Gasteiger partial charge in [0.05, 0.1) is 9.65 Å². The van der Waals surface area contributed by atoms with Crippen molar-refractivity contribution in [2.45, 2.75) is 24.6 Å². The van der Waals surface area contributed by atoms with E-state index in [0.717, 1.165) is 16.9 Å². The smallest absolute Gasteiger partial charge is 0.257 e. The normalized spacial score (nSPS) is 24.7. The van der Waals surface area contributed by atoms with Gasteiger partial charge in [0.2, 0.25) is 0 Å². The predicted molar refractivity (Wildman–Crippen MR) is 92.7 cm³/mol. The molecule has 2 heterocycles. The number of pyridine rings is 1. The van der Waals surface area contributed by atoms with E-state index >= 15 is 0 Å². The number of carbonyl (C=O) groups excluding carboxylic acids is 1. The lowest BCUT2D eigenvalue weighted by Gasteiger charge is -2.14. The molecule has 1 N–H and O–H groups in total. The first-order valence-electron chi connectivity index (χ1n) is 7.82. The van der Waals surface area contributed by atoms with Gasteiger partial charge >= 0.3 is 0 Å². The molecule has 0 saturated heterocycles. The molecule has 116 valence electrons. The van der Waals surface area contributed by atoms with Gasteiger partial charge in [-0.25, -0.2) is 0 Å². The number of aryl methyl sites for hydroxylation is 1. The van der Waals surface area contributed by atoms with Gasteiger partial charge in [0.15, 0.2) is 0 Å². The number of benzene rings is 1. The van der Waals surface area contributed by atoms with Crippen LogP contribution in [0, 0.1) is 12.8 Å². The van der Waals surface area contributed by atoms with E-state index in [-0.39, 0.29) is 10.7 Å². The van der Waals surface area contributed by atoms with E-state index in [1.165, 1.54) is 11.1 Å². The number of rotatable bonds is 4. The Balaban J connectivity index is 1.41. The molecule has 1 aromatic carbocycles. The lowest BCUT2D eigenvalue weighted by atomic mass is 10.1. The van der Waals surface area contributed by atoms with Crippen molar-refractivity contribution >= 4 is 17.7 Å². The Hall–Kier alpha value is -2.07. The summed E-state index contributed by atoms with van der Waals surface area (Å²) in [4.78, 5) is 17.4. The van der Waals surface area contributed by atoms with Crippen LogP contribution in [0.1, 0.15) is 23.1 Å². The van der Waals surface area contributed by atoms with E-state index < -0.39 is 0 Å². The number of nitrogens with one attached hydrogen (secondary N) is 1. The van der Waals surface area contributed by atoms with Crippen molar-refractivity contribution in [3.05, 3.63) is 76.5 Å². The van der Waals surface area contributed by atoms with E-state index in [2.05, 4.69) is 47.6 Å². The Morgan fingerprint density at radius 1 is 1.35 bits per heavy atom. The van der Waals surface area contributed by atoms with E-state index in [1.807, 2.05) is 24.5 Å². The number of amides is 1. The summed E-state index contributed by atoms with van der Waals surface area (Å²) in [5, 5.41) is 3.04. The van der Waals surface area contributed by atoms with Crippen LogP contribution in [0.15, 0.2) is 59.8 Å². The Labute approximate surface area is 140 Å². The molecule has 0 bridgehead atoms. The fourth-order valence-electron chi connectivity index (χ4n) is 3.23. The third-order valence-corrected chi connectivity index (χ3v) is 6.15. The fourth-order valence-corrected chi connectivity index (χ4v) is 4.76. The first-order valence-corrected chi connectivity index (χ1v) is 8.64. The van der Waals surface area contributed by atoms with E-state index in [1.54, 1.807) is 11.8 Å². The lowest BCUT2D eigenvalue weighted by molar-refractivity contribution is -0.116. The van der Waals surface area contributed by atoms with Gasteiger partial charge in [-0.3, -0.25) is 9.78 Å². The van der Waals surface area contributed by atoms with Crippen molar-refractivity contribution in [1.82, 2.24) is 10.3 Å². The number of fused-ring (bicyclic) bond motifs is 1. The van der Waals surface area contributed by atoms with Crippen molar-refractivity contribution < 1.29 is 4.79 Å². The molecule has 1 aromatic heterocycles. The Kier molecular flexibility index (Phi) is 3.49. The molecule has 3 nitrogen and oxygen atoms in total. The summed E-state index contributed by atoms with van der Waals surface area (Å²) in [6.45, 7) is 2.64. The highest BCUT2D eigenvalue weighted by Crippen LogP contribution is 2.69. The Morgan fingerprint density at radius 3 is 2.96 bits per heavy atom. The second-order valence-electron chi connectivity index (χ2n) is 6.24. The predicted octanol–water partition coefficient (Wildman–Crippen LogP) is 3.55. The van der Waals surface area contributed by atoms with Gasteiger partial charge in [0, 0.05) is 18.9 Å². The molecule has 1 aliphatic heterocycles. The SMILES string of the molecule is Cc1cccc(CNC(=O)C2=CC3CC3(c3ccncc3)S2)c1. The number of thioether (sulfide) groups is 1. The molecular formula is C19H18N2OS. The second kappa shape index (κ2) is 5.53. The van der Waals surface area contributed by atoms with Gasteiger partial charge in [-0.05, 0) is 42.5 Å². The molecule has 2 atom stereocenters. The van der Waals surface area contributed by atoms with Gasteiger partial charge in [0.1, 0.15) is 0 Å². The highest BCUT2D eigenvalue weighted by Gasteiger charge is 2.59. The van der Waals surface area contributed by atoms with Gasteiger partial charge < -0.3 is 5.32 Å². The largest absolute Gasteiger partial charge is 0.348 e. The molecule has 1 amide bonds. The summed E-state index contributed by atoms with van der Waals surface area (Å²) in [5.74, 6) is 0.520. The average molecular weight is 322 g/mol. The molecule has 1 saturated carbocycles. The quantitative estimate of drug-likeness (QED) is 0.936. The van der Waals surface area contributed by atoms with Crippen LogP contribution < -0.4 is 5.32 Å².